The molecule has 0 aliphatic rings. The second-order valence-electron chi connectivity index (χ2n) is 4.63. The standard InChI is InChI=1S/C14H13ClF3N5OS/c1-3-25-9-4-7(14(16,17)18)6-20-11(9)13(24)21-8-5-10(15)22-23-12(8)19-2/h4-6H,3H2,1-2H3,(H,19,23)(H,21,22,24). The zero-order chi connectivity index (χ0) is 18.6. The van der Waals surface area contributed by atoms with Gasteiger partial charge in [-0.15, -0.1) is 22.0 Å². The van der Waals surface area contributed by atoms with Crippen molar-refractivity contribution < 1.29 is 18.0 Å². The Hall–Kier alpha value is -2.07. The normalized spacial score (nSPS) is 11.3. The molecule has 0 saturated heterocycles. The molecule has 0 aromatic carbocycles. The molecule has 0 spiro atoms. The van der Waals surface area contributed by atoms with Crippen LogP contribution in [0.5, 0.6) is 0 Å². The largest absolute Gasteiger partial charge is 0.417 e. The van der Waals surface area contributed by atoms with E-state index in [2.05, 4.69) is 25.8 Å². The predicted octanol–water partition coefficient (Wildman–Crippen LogP) is 3.95. The summed E-state index contributed by atoms with van der Waals surface area (Å²) in [4.78, 5) is 16.3. The molecular weight excluding hydrogens is 379 g/mol. The molecule has 0 bridgehead atoms. The van der Waals surface area contributed by atoms with Gasteiger partial charge >= 0.3 is 6.18 Å². The molecule has 0 aliphatic heterocycles. The van der Waals surface area contributed by atoms with Crippen molar-refractivity contribution >= 4 is 40.8 Å². The quantitative estimate of drug-likeness (QED) is 0.751. The van der Waals surface area contributed by atoms with E-state index in [1.54, 1.807) is 14.0 Å². The summed E-state index contributed by atoms with van der Waals surface area (Å²) in [5.74, 6) is 0.0628. The lowest BCUT2D eigenvalue weighted by atomic mass is 10.2. The summed E-state index contributed by atoms with van der Waals surface area (Å²) in [6, 6.07) is 2.28. The smallest absolute Gasteiger partial charge is 0.370 e. The molecule has 6 nitrogen and oxygen atoms in total. The summed E-state index contributed by atoms with van der Waals surface area (Å²) in [6.45, 7) is 1.76. The van der Waals surface area contributed by atoms with E-state index in [4.69, 9.17) is 11.6 Å². The van der Waals surface area contributed by atoms with Crippen LogP contribution in [0.1, 0.15) is 23.0 Å². The first kappa shape index (κ1) is 19.3. The first-order valence-electron chi connectivity index (χ1n) is 6.98. The Morgan fingerprint density at radius 1 is 1.32 bits per heavy atom. The van der Waals surface area contributed by atoms with Gasteiger partial charge in [0.05, 0.1) is 11.3 Å². The molecule has 0 saturated carbocycles. The second kappa shape index (κ2) is 7.87. The van der Waals surface area contributed by atoms with Crippen LogP contribution < -0.4 is 10.6 Å². The van der Waals surface area contributed by atoms with Crippen LogP contribution in [0.25, 0.3) is 0 Å². The van der Waals surface area contributed by atoms with Gasteiger partial charge in [0.2, 0.25) is 0 Å². The van der Waals surface area contributed by atoms with Gasteiger partial charge in [-0.05, 0) is 11.8 Å². The van der Waals surface area contributed by atoms with Gasteiger partial charge in [0, 0.05) is 24.2 Å². The molecule has 2 heterocycles. The van der Waals surface area contributed by atoms with Crippen molar-refractivity contribution in [3.8, 4) is 0 Å². The number of nitrogens with one attached hydrogen (secondary N) is 2. The lowest BCUT2D eigenvalue weighted by molar-refractivity contribution is -0.138. The predicted molar refractivity (Wildman–Crippen MR) is 90.2 cm³/mol. The Labute approximate surface area is 150 Å². The van der Waals surface area contributed by atoms with Crippen LogP contribution in [0.15, 0.2) is 23.2 Å². The van der Waals surface area contributed by atoms with Gasteiger partial charge < -0.3 is 10.6 Å². The fourth-order valence-corrected chi connectivity index (χ4v) is 2.82. The van der Waals surface area contributed by atoms with Crippen molar-refractivity contribution in [2.75, 3.05) is 23.4 Å². The molecule has 2 aromatic heterocycles. The van der Waals surface area contributed by atoms with Crippen molar-refractivity contribution in [2.45, 2.75) is 18.0 Å². The van der Waals surface area contributed by atoms with E-state index in [9.17, 15) is 18.0 Å². The number of aromatic nitrogens is 3. The Morgan fingerprint density at radius 3 is 2.64 bits per heavy atom. The average Bonchev–Trinajstić information content (AvgIpc) is 2.54. The number of thioether (sulfide) groups is 1. The number of halogens is 4. The zero-order valence-corrected chi connectivity index (χ0v) is 14.7. The first-order valence-corrected chi connectivity index (χ1v) is 8.35. The Kier molecular flexibility index (Phi) is 6.07. The van der Waals surface area contributed by atoms with E-state index in [0.717, 1.165) is 17.8 Å². The van der Waals surface area contributed by atoms with Crippen molar-refractivity contribution in [2.24, 2.45) is 0 Å². The van der Waals surface area contributed by atoms with Crippen LogP contribution in [0, 0.1) is 0 Å². The van der Waals surface area contributed by atoms with E-state index in [-0.39, 0.29) is 27.2 Å². The second-order valence-corrected chi connectivity index (χ2v) is 6.33. The first-order chi connectivity index (χ1) is 11.8. The molecule has 134 valence electrons. The Bertz CT molecular complexity index is 788. The molecule has 2 aromatic rings. The molecule has 2 rings (SSSR count). The molecule has 0 atom stereocenters. The number of hydrogen-bond acceptors (Lipinski definition) is 6. The lowest BCUT2D eigenvalue weighted by Crippen LogP contribution is -2.18. The molecule has 0 radical (unpaired) electrons. The molecule has 25 heavy (non-hydrogen) atoms. The van der Waals surface area contributed by atoms with Crippen LogP contribution in [0.4, 0.5) is 24.7 Å². The minimum Gasteiger partial charge on any atom is -0.370 e. The fourth-order valence-electron chi connectivity index (χ4n) is 1.87. The third kappa shape index (κ3) is 4.73. The monoisotopic (exact) mass is 391 g/mol. The summed E-state index contributed by atoms with van der Waals surface area (Å²) in [5.41, 5.74) is -0.791. The molecule has 0 aliphatic carbocycles. The highest BCUT2D eigenvalue weighted by molar-refractivity contribution is 7.99. The summed E-state index contributed by atoms with van der Waals surface area (Å²) in [6.07, 6.45) is -3.90. The summed E-state index contributed by atoms with van der Waals surface area (Å²) in [5, 5.41) is 12.7. The Balaban J connectivity index is 2.37. The van der Waals surface area contributed by atoms with Crippen molar-refractivity contribution in [3.63, 3.8) is 0 Å². The average molecular weight is 392 g/mol. The number of anilines is 2. The van der Waals surface area contributed by atoms with E-state index in [1.165, 1.54) is 6.07 Å². The van der Waals surface area contributed by atoms with E-state index >= 15 is 0 Å². The number of carbonyl (C=O) groups is 1. The number of hydrogen-bond donors (Lipinski definition) is 2. The molecule has 2 N–H and O–H groups in total. The summed E-state index contributed by atoms with van der Waals surface area (Å²) < 4.78 is 38.5. The van der Waals surface area contributed by atoms with Gasteiger partial charge in [0.1, 0.15) is 5.69 Å². The zero-order valence-electron chi connectivity index (χ0n) is 13.1. The Morgan fingerprint density at radius 2 is 2.04 bits per heavy atom. The van der Waals surface area contributed by atoms with Crippen LogP contribution in [0.3, 0.4) is 0 Å². The minimum absolute atomic E-state index is 0.0536. The molecule has 1 amide bonds. The molecular formula is C14H13ClF3N5OS. The summed E-state index contributed by atoms with van der Waals surface area (Å²) in [7, 11) is 1.57. The van der Waals surface area contributed by atoms with E-state index in [0.29, 0.717) is 11.9 Å². The van der Waals surface area contributed by atoms with Gasteiger partial charge in [-0.1, -0.05) is 18.5 Å². The van der Waals surface area contributed by atoms with Gasteiger partial charge in [-0.2, -0.15) is 13.2 Å². The maximum atomic E-state index is 12.8. The topological polar surface area (TPSA) is 79.8 Å². The van der Waals surface area contributed by atoms with E-state index < -0.39 is 17.6 Å². The summed E-state index contributed by atoms with van der Waals surface area (Å²) >= 11 is 6.85. The SMILES string of the molecule is CCSc1cc(C(F)(F)F)cnc1C(=O)Nc1cc(Cl)nnc1NC. The highest BCUT2D eigenvalue weighted by Gasteiger charge is 2.32. The third-order valence-electron chi connectivity index (χ3n) is 2.94. The van der Waals surface area contributed by atoms with Crippen molar-refractivity contribution in [3.05, 3.63) is 34.7 Å². The molecule has 0 unspecified atom stereocenters. The minimum atomic E-state index is -4.53. The molecule has 11 heteroatoms. The number of carbonyl (C=O) groups excluding carboxylic acids is 1. The number of rotatable bonds is 5. The maximum Gasteiger partial charge on any atom is 0.417 e. The number of amides is 1. The van der Waals surface area contributed by atoms with Crippen LogP contribution in [-0.4, -0.2) is 33.9 Å². The van der Waals surface area contributed by atoms with Crippen LogP contribution in [-0.2, 0) is 6.18 Å². The highest BCUT2D eigenvalue weighted by Crippen LogP contribution is 2.33. The maximum absolute atomic E-state index is 12.8. The number of pyridine rings is 1. The van der Waals surface area contributed by atoms with E-state index in [1.807, 2.05) is 0 Å². The van der Waals surface area contributed by atoms with Crippen LogP contribution in [0.2, 0.25) is 5.15 Å². The lowest BCUT2D eigenvalue weighted by Gasteiger charge is -2.13. The fraction of sp³-hybridized carbons (Fsp3) is 0.286. The third-order valence-corrected chi connectivity index (χ3v) is 4.04. The molecule has 0 fully saturated rings. The van der Waals surface area contributed by atoms with Crippen molar-refractivity contribution in [1.82, 2.24) is 15.2 Å². The van der Waals surface area contributed by atoms with Gasteiger partial charge in [0.25, 0.3) is 5.91 Å². The van der Waals surface area contributed by atoms with Gasteiger partial charge in [-0.25, -0.2) is 4.98 Å². The van der Waals surface area contributed by atoms with Gasteiger partial charge in [0.15, 0.2) is 11.0 Å². The number of nitrogens with zero attached hydrogens (tertiary/aromatic N) is 3. The number of alkyl halides is 3. The van der Waals surface area contributed by atoms with Crippen LogP contribution >= 0.6 is 23.4 Å². The van der Waals surface area contributed by atoms with Crippen molar-refractivity contribution in [1.29, 1.82) is 0 Å². The highest BCUT2D eigenvalue weighted by atomic mass is 35.5. The van der Waals surface area contributed by atoms with Gasteiger partial charge in [-0.3, -0.25) is 4.79 Å².